The highest BCUT2D eigenvalue weighted by atomic mass is 79.9. The third-order valence-electron chi connectivity index (χ3n) is 3.01. The van der Waals surface area contributed by atoms with Gasteiger partial charge in [0.2, 0.25) is 5.95 Å². The van der Waals surface area contributed by atoms with E-state index < -0.39 is 0 Å². The molecule has 0 bridgehead atoms. The van der Waals surface area contributed by atoms with Gasteiger partial charge in [0, 0.05) is 32.2 Å². The number of halogens is 2. The normalized spacial score (nSPS) is 17.1. The predicted molar refractivity (Wildman–Crippen MR) is 83.2 cm³/mol. The average Bonchev–Trinajstić information content (AvgIpc) is 2.34. The number of nitrogens with one attached hydrogen (secondary N) is 1. The van der Waals surface area contributed by atoms with Crippen LogP contribution in [0.3, 0.4) is 0 Å². The number of likely N-dealkylation sites (N-methyl/N-ethyl adjacent to an activating group) is 1. The van der Waals surface area contributed by atoms with Crippen LogP contribution in [-0.2, 0) is 0 Å². The number of nitrogens with zero attached hydrogens (tertiary/aromatic N) is 4. The van der Waals surface area contributed by atoms with E-state index in [-0.39, 0.29) is 6.04 Å². The first kappa shape index (κ1) is 14.8. The molecule has 1 saturated heterocycles. The van der Waals surface area contributed by atoms with E-state index in [2.05, 4.69) is 61.9 Å². The first-order valence-corrected chi connectivity index (χ1v) is 7.57. The van der Waals surface area contributed by atoms with Gasteiger partial charge in [-0.15, -0.1) is 0 Å². The Labute approximate surface area is 127 Å². The molecule has 0 unspecified atom stereocenters. The van der Waals surface area contributed by atoms with Crippen molar-refractivity contribution in [2.75, 3.05) is 43.4 Å². The smallest absolute Gasteiger partial charge is 0.226 e. The second-order valence-electron chi connectivity index (χ2n) is 5.06. The average molecular weight is 349 g/mol. The van der Waals surface area contributed by atoms with Gasteiger partial charge in [-0.3, -0.25) is 0 Å². The van der Waals surface area contributed by atoms with Crippen molar-refractivity contribution in [3.05, 3.63) is 9.63 Å². The summed E-state index contributed by atoms with van der Waals surface area (Å²) >= 11 is 9.67. The fourth-order valence-electron chi connectivity index (χ4n) is 1.96. The van der Waals surface area contributed by atoms with E-state index in [4.69, 9.17) is 11.6 Å². The molecule has 0 saturated carbocycles. The minimum absolute atomic E-state index is 0.276. The number of anilines is 2. The van der Waals surface area contributed by atoms with Gasteiger partial charge in [-0.1, -0.05) is 11.6 Å². The Morgan fingerprint density at radius 2 is 1.84 bits per heavy atom. The maximum atomic E-state index is 6.18. The summed E-state index contributed by atoms with van der Waals surface area (Å²) in [5.41, 5.74) is 0. The van der Waals surface area contributed by atoms with E-state index in [1.54, 1.807) is 0 Å². The second-order valence-corrected chi connectivity index (χ2v) is 6.22. The lowest BCUT2D eigenvalue weighted by Crippen LogP contribution is -2.45. The minimum atomic E-state index is 0.276. The monoisotopic (exact) mass is 347 g/mol. The summed E-state index contributed by atoms with van der Waals surface area (Å²) in [5.74, 6) is 1.45. The molecule has 2 heterocycles. The molecule has 1 aliphatic rings. The van der Waals surface area contributed by atoms with Crippen LogP contribution in [0.2, 0.25) is 5.15 Å². The van der Waals surface area contributed by atoms with E-state index in [9.17, 15) is 0 Å². The van der Waals surface area contributed by atoms with Crippen molar-refractivity contribution in [3.8, 4) is 0 Å². The van der Waals surface area contributed by atoms with Crippen molar-refractivity contribution in [1.82, 2.24) is 14.9 Å². The van der Waals surface area contributed by atoms with Gasteiger partial charge in [-0.2, -0.15) is 9.97 Å². The summed E-state index contributed by atoms with van der Waals surface area (Å²) < 4.78 is 0.771. The Morgan fingerprint density at radius 1 is 1.21 bits per heavy atom. The van der Waals surface area contributed by atoms with E-state index in [1.807, 2.05) is 0 Å². The number of hydrogen-bond acceptors (Lipinski definition) is 5. The van der Waals surface area contributed by atoms with Crippen LogP contribution < -0.4 is 10.2 Å². The molecule has 5 nitrogen and oxygen atoms in total. The molecule has 0 spiro atoms. The van der Waals surface area contributed by atoms with Crippen LogP contribution in [0.5, 0.6) is 0 Å². The summed E-state index contributed by atoms with van der Waals surface area (Å²) in [4.78, 5) is 13.4. The Hall–Kier alpha value is -0.590. The lowest BCUT2D eigenvalue weighted by atomic mass is 10.3. The fourth-order valence-corrected chi connectivity index (χ4v) is 2.55. The maximum Gasteiger partial charge on any atom is 0.226 e. The van der Waals surface area contributed by atoms with E-state index >= 15 is 0 Å². The molecule has 0 aliphatic carbocycles. The van der Waals surface area contributed by atoms with Gasteiger partial charge < -0.3 is 15.1 Å². The SMILES string of the molecule is CC(C)Nc1nc(Cl)c(Br)c(N2CCN(C)CC2)n1. The van der Waals surface area contributed by atoms with Crippen molar-refractivity contribution in [3.63, 3.8) is 0 Å². The van der Waals surface area contributed by atoms with E-state index in [0.717, 1.165) is 36.5 Å². The minimum Gasteiger partial charge on any atom is -0.353 e. The predicted octanol–water partition coefficient (Wildman–Crippen LogP) is 2.46. The van der Waals surface area contributed by atoms with Gasteiger partial charge in [0.15, 0.2) is 5.15 Å². The zero-order valence-electron chi connectivity index (χ0n) is 11.5. The van der Waals surface area contributed by atoms with Gasteiger partial charge >= 0.3 is 0 Å². The lowest BCUT2D eigenvalue weighted by molar-refractivity contribution is 0.312. The zero-order valence-corrected chi connectivity index (χ0v) is 13.8. The molecule has 1 aliphatic heterocycles. The molecule has 1 aromatic rings. The third kappa shape index (κ3) is 3.70. The maximum absolute atomic E-state index is 6.18. The first-order chi connectivity index (χ1) is 8.97. The number of piperazine rings is 1. The van der Waals surface area contributed by atoms with Gasteiger partial charge in [-0.25, -0.2) is 0 Å². The van der Waals surface area contributed by atoms with Crippen molar-refractivity contribution >= 4 is 39.3 Å². The largest absolute Gasteiger partial charge is 0.353 e. The van der Waals surface area contributed by atoms with Gasteiger partial charge in [-0.05, 0) is 36.8 Å². The molecule has 1 aromatic heterocycles. The van der Waals surface area contributed by atoms with Gasteiger partial charge in [0.1, 0.15) is 5.82 Å². The molecule has 1 fully saturated rings. The van der Waals surface area contributed by atoms with Crippen LogP contribution in [0.25, 0.3) is 0 Å². The summed E-state index contributed by atoms with van der Waals surface area (Å²) in [7, 11) is 2.13. The number of aromatic nitrogens is 2. The molecular weight excluding hydrogens is 330 g/mol. The molecule has 0 amide bonds. The van der Waals surface area contributed by atoms with Crippen LogP contribution in [-0.4, -0.2) is 54.1 Å². The Balaban J connectivity index is 2.25. The zero-order chi connectivity index (χ0) is 14.0. The Morgan fingerprint density at radius 3 is 2.42 bits per heavy atom. The quantitative estimate of drug-likeness (QED) is 0.850. The molecule has 2 rings (SSSR count). The summed E-state index contributed by atoms with van der Waals surface area (Å²) in [5, 5.41) is 3.65. The van der Waals surface area contributed by atoms with Crippen molar-refractivity contribution in [2.24, 2.45) is 0 Å². The van der Waals surface area contributed by atoms with E-state index in [1.165, 1.54) is 0 Å². The number of rotatable bonds is 3. The van der Waals surface area contributed by atoms with Crippen molar-refractivity contribution in [2.45, 2.75) is 19.9 Å². The molecule has 19 heavy (non-hydrogen) atoms. The van der Waals surface area contributed by atoms with Crippen LogP contribution in [0.4, 0.5) is 11.8 Å². The summed E-state index contributed by atoms with van der Waals surface area (Å²) in [6.45, 7) is 8.05. The van der Waals surface area contributed by atoms with E-state index in [0.29, 0.717) is 11.1 Å². The van der Waals surface area contributed by atoms with Gasteiger partial charge in [0.05, 0.1) is 4.47 Å². The summed E-state index contributed by atoms with van der Waals surface area (Å²) in [6, 6.07) is 0.276. The molecule has 0 atom stereocenters. The van der Waals surface area contributed by atoms with Crippen LogP contribution in [0.1, 0.15) is 13.8 Å². The molecule has 106 valence electrons. The Kier molecular flexibility index (Phi) is 4.86. The molecule has 0 radical (unpaired) electrons. The molecule has 0 aromatic carbocycles. The highest BCUT2D eigenvalue weighted by molar-refractivity contribution is 9.10. The van der Waals surface area contributed by atoms with Crippen LogP contribution in [0, 0.1) is 0 Å². The van der Waals surface area contributed by atoms with Crippen LogP contribution >= 0.6 is 27.5 Å². The standard InChI is InChI=1S/C12H19BrClN5/c1-8(2)15-12-16-10(14)9(13)11(17-12)19-6-4-18(3)5-7-19/h8H,4-7H2,1-3H3,(H,15,16,17). The summed E-state index contributed by atoms with van der Waals surface area (Å²) in [6.07, 6.45) is 0. The first-order valence-electron chi connectivity index (χ1n) is 6.40. The topological polar surface area (TPSA) is 44.3 Å². The molecule has 1 N–H and O–H groups in total. The lowest BCUT2D eigenvalue weighted by Gasteiger charge is -2.33. The third-order valence-corrected chi connectivity index (χ3v) is 4.25. The number of hydrogen-bond donors (Lipinski definition) is 1. The highest BCUT2D eigenvalue weighted by Crippen LogP contribution is 2.31. The fraction of sp³-hybridized carbons (Fsp3) is 0.667. The van der Waals surface area contributed by atoms with Gasteiger partial charge in [0.25, 0.3) is 0 Å². The van der Waals surface area contributed by atoms with Crippen LogP contribution in [0.15, 0.2) is 4.47 Å². The Bertz CT molecular complexity index is 446. The van der Waals surface area contributed by atoms with Crippen molar-refractivity contribution < 1.29 is 0 Å². The highest BCUT2D eigenvalue weighted by Gasteiger charge is 2.20. The molecular formula is C12H19BrClN5. The van der Waals surface area contributed by atoms with Crippen molar-refractivity contribution in [1.29, 1.82) is 0 Å². The molecule has 7 heteroatoms. The second kappa shape index (κ2) is 6.24.